The molecule has 2 rings (SSSR count). The van der Waals surface area contributed by atoms with Gasteiger partial charge in [0, 0.05) is 27.5 Å². The first kappa shape index (κ1) is 14.4. The minimum atomic E-state index is -1.04. The summed E-state index contributed by atoms with van der Waals surface area (Å²) in [5.41, 5.74) is 3.82. The van der Waals surface area contributed by atoms with Gasteiger partial charge in [0.05, 0.1) is 6.61 Å². The molecule has 0 aliphatic rings. The average Bonchev–Trinajstić information content (AvgIpc) is 2.48. The lowest BCUT2D eigenvalue weighted by atomic mass is 10.2. The predicted molar refractivity (Wildman–Crippen MR) is 77.5 cm³/mol. The lowest BCUT2D eigenvalue weighted by Gasteiger charge is -2.06. The molecule has 5 heteroatoms. The van der Waals surface area contributed by atoms with Crippen molar-refractivity contribution in [2.24, 2.45) is 0 Å². The van der Waals surface area contributed by atoms with Gasteiger partial charge in [0.15, 0.2) is 0 Å². The second-order valence-corrected chi connectivity index (χ2v) is 5.56. The minimum Gasteiger partial charge on any atom is -0.269 e. The normalized spacial score (nSPS) is 11.8. The topological polar surface area (TPSA) is 55.4 Å². The zero-order valence-corrected chi connectivity index (χ0v) is 11.9. The van der Waals surface area contributed by atoms with Crippen LogP contribution in [0, 0.1) is 0 Å². The number of rotatable bonds is 5. The second kappa shape index (κ2) is 6.98. The first-order chi connectivity index (χ1) is 9.66. The Balaban J connectivity index is 1.87. The van der Waals surface area contributed by atoms with Crippen LogP contribution in [0.25, 0.3) is 0 Å². The summed E-state index contributed by atoms with van der Waals surface area (Å²) < 4.78 is 11.2. The third kappa shape index (κ3) is 4.01. The van der Waals surface area contributed by atoms with E-state index in [4.69, 9.17) is 4.84 Å². The van der Waals surface area contributed by atoms with Crippen LogP contribution >= 0.6 is 0 Å². The van der Waals surface area contributed by atoms with Crippen molar-refractivity contribution in [3.63, 3.8) is 0 Å². The quantitative estimate of drug-likeness (QED) is 0.859. The summed E-state index contributed by atoms with van der Waals surface area (Å²) in [5, 5.41) is 0. The Morgan fingerprint density at radius 2 is 1.75 bits per heavy atom. The van der Waals surface area contributed by atoms with Gasteiger partial charge in [0.1, 0.15) is 0 Å². The molecule has 2 aromatic carbocycles. The SMILES string of the molecule is C[S@@](=O)c1ccc(C(=O)NOCc2ccccc2)cc1. The molecule has 0 spiro atoms. The number of carbonyl (C=O) groups is 1. The summed E-state index contributed by atoms with van der Waals surface area (Å²) in [6, 6.07) is 16.1. The summed E-state index contributed by atoms with van der Waals surface area (Å²) >= 11 is 0. The number of hydrogen-bond acceptors (Lipinski definition) is 3. The van der Waals surface area contributed by atoms with Gasteiger partial charge in [0.25, 0.3) is 5.91 Å². The van der Waals surface area contributed by atoms with E-state index in [1.807, 2.05) is 30.3 Å². The summed E-state index contributed by atoms with van der Waals surface area (Å²) in [6.07, 6.45) is 1.60. The van der Waals surface area contributed by atoms with E-state index in [-0.39, 0.29) is 5.91 Å². The predicted octanol–water partition coefficient (Wildman–Crippen LogP) is 2.29. The Labute approximate surface area is 120 Å². The third-order valence-corrected chi connectivity index (χ3v) is 3.63. The van der Waals surface area contributed by atoms with E-state index in [1.165, 1.54) is 0 Å². The molecule has 20 heavy (non-hydrogen) atoms. The van der Waals surface area contributed by atoms with Gasteiger partial charge in [-0.2, -0.15) is 0 Å². The maximum Gasteiger partial charge on any atom is 0.274 e. The van der Waals surface area contributed by atoms with E-state index in [0.29, 0.717) is 17.1 Å². The average molecular weight is 289 g/mol. The molecular weight excluding hydrogens is 274 g/mol. The van der Waals surface area contributed by atoms with Gasteiger partial charge in [-0.15, -0.1) is 0 Å². The fourth-order valence-corrected chi connectivity index (χ4v) is 2.14. The number of amides is 1. The van der Waals surface area contributed by atoms with Crippen molar-refractivity contribution in [1.82, 2.24) is 5.48 Å². The molecule has 0 aliphatic heterocycles. The Morgan fingerprint density at radius 3 is 2.35 bits per heavy atom. The van der Waals surface area contributed by atoms with Crippen molar-refractivity contribution in [1.29, 1.82) is 0 Å². The van der Waals surface area contributed by atoms with Gasteiger partial charge >= 0.3 is 0 Å². The van der Waals surface area contributed by atoms with Crippen LogP contribution in [0.2, 0.25) is 0 Å². The van der Waals surface area contributed by atoms with E-state index in [1.54, 1.807) is 30.5 Å². The molecule has 4 nitrogen and oxygen atoms in total. The van der Waals surface area contributed by atoms with Gasteiger partial charge < -0.3 is 0 Å². The molecule has 0 aromatic heterocycles. The smallest absolute Gasteiger partial charge is 0.269 e. The standard InChI is InChI=1S/C15H15NO3S/c1-20(18)14-9-7-13(8-10-14)15(17)16-19-11-12-5-3-2-4-6-12/h2-10H,11H2,1H3,(H,16,17)/t20-/m1/s1. The fourth-order valence-electron chi connectivity index (χ4n) is 1.62. The molecule has 0 bridgehead atoms. The van der Waals surface area contributed by atoms with E-state index < -0.39 is 10.8 Å². The molecule has 0 unspecified atom stereocenters. The molecule has 2 aromatic rings. The number of hydrogen-bond donors (Lipinski definition) is 1. The van der Waals surface area contributed by atoms with Crippen LogP contribution in [0.1, 0.15) is 15.9 Å². The lowest BCUT2D eigenvalue weighted by molar-refractivity contribution is 0.0233. The highest BCUT2D eigenvalue weighted by molar-refractivity contribution is 7.84. The summed E-state index contributed by atoms with van der Waals surface area (Å²) in [7, 11) is -1.04. The first-order valence-corrected chi connectivity index (χ1v) is 7.62. The van der Waals surface area contributed by atoms with Crippen LogP contribution < -0.4 is 5.48 Å². The van der Waals surface area contributed by atoms with E-state index in [2.05, 4.69) is 5.48 Å². The van der Waals surface area contributed by atoms with Crippen LogP contribution in [0.4, 0.5) is 0 Å². The van der Waals surface area contributed by atoms with Crippen molar-refractivity contribution in [2.45, 2.75) is 11.5 Å². The molecule has 0 fully saturated rings. The Bertz CT molecular complexity index is 596. The molecule has 1 atom stereocenters. The zero-order valence-electron chi connectivity index (χ0n) is 11.0. The molecular formula is C15H15NO3S. The maximum atomic E-state index is 11.8. The Hall–Kier alpha value is -1.98. The highest BCUT2D eigenvalue weighted by atomic mass is 32.2. The monoisotopic (exact) mass is 289 g/mol. The van der Waals surface area contributed by atoms with Crippen LogP contribution in [0.3, 0.4) is 0 Å². The van der Waals surface area contributed by atoms with Crippen molar-refractivity contribution in [2.75, 3.05) is 6.26 Å². The van der Waals surface area contributed by atoms with Crippen molar-refractivity contribution in [3.05, 3.63) is 65.7 Å². The Morgan fingerprint density at radius 1 is 1.10 bits per heavy atom. The summed E-state index contributed by atoms with van der Waals surface area (Å²) in [6.45, 7) is 0.309. The minimum absolute atomic E-state index is 0.309. The zero-order chi connectivity index (χ0) is 14.4. The molecule has 1 N–H and O–H groups in total. The largest absolute Gasteiger partial charge is 0.274 e. The number of nitrogens with one attached hydrogen (secondary N) is 1. The fraction of sp³-hybridized carbons (Fsp3) is 0.133. The molecule has 0 saturated carbocycles. The Kier molecular flexibility index (Phi) is 5.03. The molecule has 0 heterocycles. The molecule has 1 amide bonds. The van der Waals surface area contributed by atoms with E-state index >= 15 is 0 Å². The van der Waals surface area contributed by atoms with Crippen LogP contribution in [-0.2, 0) is 22.2 Å². The van der Waals surface area contributed by atoms with Crippen LogP contribution in [-0.4, -0.2) is 16.4 Å². The van der Waals surface area contributed by atoms with Gasteiger partial charge in [0.2, 0.25) is 0 Å². The highest BCUT2D eigenvalue weighted by Crippen LogP contribution is 2.07. The van der Waals surface area contributed by atoms with Gasteiger partial charge in [-0.3, -0.25) is 13.8 Å². The van der Waals surface area contributed by atoms with Crippen LogP contribution in [0.5, 0.6) is 0 Å². The molecule has 0 saturated heterocycles. The van der Waals surface area contributed by atoms with Gasteiger partial charge in [-0.25, -0.2) is 5.48 Å². The third-order valence-electron chi connectivity index (χ3n) is 2.69. The number of benzene rings is 2. The highest BCUT2D eigenvalue weighted by Gasteiger charge is 2.06. The molecule has 104 valence electrons. The van der Waals surface area contributed by atoms with Crippen molar-refractivity contribution >= 4 is 16.7 Å². The first-order valence-electron chi connectivity index (χ1n) is 6.06. The van der Waals surface area contributed by atoms with Crippen molar-refractivity contribution in [3.8, 4) is 0 Å². The molecule has 0 radical (unpaired) electrons. The lowest BCUT2D eigenvalue weighted by Crippen LogP contribution is -2.23. The second-order valence-electron chi connectivity index (χ2n) is 4.18. The molecule has 0 aliphatic carbocycles. The summed E-state index contributed by atoms with van der Waals surface area (Å²) in [4.78, 5) is 17.6. The number of carbonyl (C=O) groups excluding carboxylic acids is 1. The summed E-state index contributed by atoms with van der Waals surface area (Å²) in [5.74, 6) is -0.325. The number of hydroxylamine groups is 1. The maximum absolute atomic E-state index is 11.8. The van der Waals surface area contributed by atoms with Gasteiger partial charge in [-0.05, 0) is 29.8 Å². The van der Waals surface area contributed by atoms with Crippen molar-refractivity contribution < 1.29 is 13.8 Å². The van der Waals surface area contributed by atoms with E-state index in [0.717, 1.165) is 5.56 Å². The van der Waals surface area contributed by atoms with E-state index in [9.17, 15) is 9.00 Å². The van der Waals surface area contributed by atoms with Crippen LogP contribution in [0.15, 0.2) is 59.5 Å². The van der Waals surface area contributed by atoms with Gasteiger partial charge in [-0.1, -0.05) is 30.3 Å².